The highest BCUT2D eigenvalue weighted by atomic mass is 32.2. The predicted molar refractivity (Wildman–Crippen MR) is 114 cm³/mol. The van der Waals surface area contributed by atoms with Gasteiger partial charge in [-0.1, -0.05) is 24.3 Å². The number of piperidine rings is 1. The average Bonchev–Trinajstić information content (AvgIpc) is 3.13. The molecule has 2 N–H and O–H groups in total. The quantitative estimate of drug-likeness (QED) is 0.631. The van der Waals surface area contributed by atoms with Crippen molar-refractivity contribution in [3.63, 3.8) is 0 Å². The highest BCUT2D eigenvalue weighted by molar-refractivity contribution is 7.98. The summed E-state index contributed by atoms with van der Waals surface area (Å²) in [6, 6.07) is 16.5. The molecule has 1 fully saturated rings. The molecule has 5 heteroatoms. The van der Waals surface area contributed by atoms with Gasteiger partial charge in [0.25, 0.3) is 0 Å². The number of amides is 1. The van der Waals surface area contributed by atoms with Crippen molar-refractivity contribution in [1.82, 2.24) is 9.88 Å². The summed E-state index contributed by atoms with van der Waals surface area (Å²) in [5.74, 6) is 0.637. The summed E-state index contributed by atoms with van der Waals surface area (Å²) in [7, 11) is 0. The summed E-state index contributed by atoms with van der Waals surface area (Å²) < 4.78 is 0. The Morgan fingerprint density at radius 2 is 2.00 bits per heavy atom. The normalized spacial score (nSPS) is 15.9. The van der Waals surface area contributed by atoms with Crippen molar-refractivity contribution in [3.8, 4) is 0 Å². The van der Waals surface area contributed by atoms with Gasteiger partial charge in [0.1, 0.15) is 0 Å². The van der Waals surface area contributed by atoms with Crippen LogP contribution in [0.15, 0.2) is 59.6 Å². The zero-order valence-electron chi connectivity index (χ0n) is 15.6. The molecular weight excluding hydrogens is 354 g/mol. The maximum absolute atomic E-state index is 12.4. The number of aromatic nitrogens is 1. The number of likely N-dealkylation sites (tertiary alicyclic amines) is 1. The van der Waals surface area contributed by atoms with Crippen LogP contribution in [-0.2, 0) is 4.79 Å². The van der Waals surface area contributed by atoms with E-state index in [2.05, 4.69) is 51.7 Å². The van der Waals surface area contributed by atoms with Gasteiger partial charge >= 0.3 is 0 Å². The number of nitrogens with zero attached hydrogens (tertiary/aromatic N) is 1. The molecule has 1 amide bonds. The van der Waals surface area contributed by atoms with Gasteiger partial charge in [-0.3, -0.25) is 9.69 Å². The Morgan fingerprint density at radius 3 is 2.81 bits per heavy atom. The van der Waals surface area contributed by atoms with Crippen molar-refractivity contribution in [2.24, 2.45) is 0 Å². The molecule has 1 aliphatic heterocycles. The second-order valence-electron chi connectivity index (χ2n) is 7.12. The van der Waals surface area contributed by atoms with Crippen LogP contribution in [0.4, 0.5) is 5.69 Å². The Hall–Kier alpha value is -2.24. The Kier molecular flexibility index (Phi) is 5.50. The average molecular weight is 380 g/mol. The Morgan fingerprint density at radius 1 is 1.19 bits per heavy atom. The number of carbonyl (C=O) groups is 1. The van der Waals surface area contributed by atoms with E-state index < -0.39 is 0 Å². The first-order valence-electron chi connectivity index (χ1n) is 9.45. The van der Waals surface area contributed by atoms with Gasteiger partial charge < -0.3 is 10.3 Å². The number of benzene rings is 2. The van der Waals surface area contributed by atoms with Gasteiger partial charge in [-0.25, -0.2) is 0 Å². The molecule has 1 aliphatic rings. The van der Waals surface area contributed by atoms with Crippen LogP contribution in [0, 0.1) is 0 Å². The second kappa shape index (κ2) is 8.19. The van der Waals surface area contributed by atoms with Crippen LogP contribution in [0.25, 0.3) is 10.9 Å². The van der Waals surface area contributed by atoms with Gasteiger partial charge in [0.05, 0.1) is 6.54 Å². The Bertz CT molecular complexity index is 928. The number of rotatable bonds is 5. The number of fused-ring (bicyclic) bond motifs is 1. The molecule has 2 aromatic carbocycles. The number of anilines is 1. The maximum Gasteiger partial charge on any atom is 0.238 e. The van der Waals surface area contributed by atoms with E-state index in [-0.39, 0.29) is 5.91 Å². The van der Waals surface area contributed by atoms with E-state index in [1.54, 1.807) is 11.8 Å². The van der Waals surface area contributed by atoms with E-state index >= 15 is 0 Å². The van der Waals surface area contributed by atoms with Crippen LogP contribution in [0.2, 0.25) is 0 Å². The third-order valence-corrected chi connectivity index (χ3v) is 6.09. The van der Waals surface area contributed by atoms with Crippen molar-refractivity contribution < 1.29 is 4.79 Å². The monoisotopic (exact) mass is 379 g/mol. The largest absolute Gasteiger partial charge is 0.361 e. The van der Waals surface area contributed by atoms with Crippen LogP contribution in [0.3, 0.4) is 0 Å². The van der Waals surface area contributed by atoms with Gasteiger partial charge in [0.2, 0.25) is 5.91 Å². The van der Waals surface area contributed by atoms with Crippen LogP contribution < -0.4 is 5.32 Å². The first-order valence-corrected chi connectivity index (χ1v) is 10.7. The van der Waals surface area contributed by atoms with Gasteiger partial charge in [-0.15, -0.1) is 11.8 Å². The maximum atomic E-state index is 12.4. The molecule has 4 rings (SSSR count). The molecule has 140 valence electrons. The molecule has 0 bridgehead atoms. The van der Waals surface area contributed by atoms with Crippen molar-refractivity contribution >= 4 is 34.3 Å². The van der Waals surface area contributed by atoms with E-state index in [4.69, 9.17) is 0 Å². The minimum absolute atomic E-state index is 0.0683. The summed E-state index contributed by atoms with van der Waals surface area (Å²) in [4.78, 5) is 19.2. The van der Waals surface area contributed by atoms with Crippen molar-refractivity contribution in [1.29, 1.82) is 0 Å². The summed E-state index contributed by atoms with van der Waals surface area (Å²) in [6.45, 7) is 2.38. The van der Waals surface area contributed by atoms with Crippen LogP contribution in [0.5, 0.6) is 0 Å². The summed E-state index contributed by atoms with van der Waals surface area (Å²) in [6.07, 6.45) is 6.39. The van der Waals surface area contributed by atoms with E-state index in [0.717, 1.165) is 36.5 Å². The molecule has 1 saturated heterocycles. The smallest absolute Gasteiger partial charge is 0.238 e. The van der Waals surface area contributed by atoms with Crippen LogP contribution >= 0.6 is 11.8 Å². The summed E-state index contributed by atoms with van der Waals surface area (Å²) in [5.41, 5.74) is 3.51. The number of hydrogen-bond acceptors (Lipinski definition) is 3. The van der Waals surface area contributed by atoms with E-state index in [9.17, 15) is 4.79 Å². The fourth-order valence-electron chi connectivity index (χ4n) is 3.94. The number of para-hydroxylation sites is 1. The van der Waals surface area contributed by atoms with Crippen LogP contribution in [-0.4, -0.2) is 41.7 Å². The highest BCUT2D eigenvalue weighted by Gasteiger charge is 2.23. The van der Waals surface area contributed by atoms with Gasteiger partial charge in [0, 0.05) is 27.7 Å². The molecule has 0 atom stereocenters. The van der Waals surface area contributed by atoms with Gasteiger partial charge in [-0.05, 0) is 67.9 Å². The highest BCUT2D eigenvalue weighted by Crippen LogP contribution is 2.33. The Balaban J connectivity index is 1.32. The minimum Gasteiger partial charge on any atom is -0.361 e. The van der Waals surface area contributed by atoms with Crippen molar-refractivity contribution in [2.75, 3.05) is 31.2 Å². The number of aromatic amines is 1. The molecule has 4 nitrogen and oxygen atoms in total. The van der Waals surface area contributed by atoms with Crippen molar-refractivity contribution in [3.05, 3.63) is 60.3 Å². The first-order chi connectivity index (χ1) is 13.2. The molecule has 0 aliphatic carbocycles. The standard InChI is InChI=1S/C22H25N3OS/c1-27-18-6-4-5-17(13-18)24-22(26)15-25-11-9-16(10-12-25)20-14-23-21-8-3-2-7-19(20)21/h2-8,13-14,16,23H,9-12,15H2,1H3,(H,24,26). The zero-order chi connectivity index (χ0) is 18.6. The van der Waals surface area contributed by atoms with E-state index in [1.807, 2.05) is 24.5 Å². The molecule has 1 aromatic heterocycles. The number of thioether (sulfide) groups is 1. The van der Waals surface area contributed by atoms with Gasteiger partial charge in [-0.2, -0.15) is 0 Å². The lowest BCUT2D eigenvalue weighted by Gasteiger charge is -2.31. The molecular formula is C22H25N3OS. The number of hydrogen-bond donors (Lipinski definition) is 2. The molecule has 2 heterocycles. The van der Waals surface area contributed by atoms with Crippen molar-refractivity contribution in [2.45, 2.75) is 23.7 Å². The van der Waals surface area contributed by atoms with Crippen LogP contribution in [0.1, 0.15) is 24.3 Å². The molecule has 27 heavy (non-hydrogen) atoms. The minimum atomic E-state index is 0.0683. The number of nitrogens with one attached hydrogen (secondary N) is 2. The first kappa shape index (κ1) is 18.1. The van der Waals surface area contributed by atoms with E-state index in [0.29, 0.717) is 12.5 Å². The lowest BCUT2D eigenvalue weighted by atomic mass is 9.89. The SMILES string of the molecule is CSc1cccc(NC(=O)CN2CCC(c3c[nH]c4ccccc34)CC2)c1. The third-order valence-electron chi connectivity index (χ3n) is 5.37. The lowest BCUT2D eigenvalue weighted by Crippen LogP contribution is -2.38. The molecule has 0 spiro atoms. The summed E-state index contributed by atoms with van der Waals surface area (Å²) in [5, 5.41) is 4.36. The molecule has 0 radical (unpaired) electrons. The fourth-order valence-corrected chi connectivity index (χ4v) is 4.40. The van der Waals surface area contributed by atoms with E-state index in [1.165, 1.54) is 16.5 Å². The zero-order valence-corrected chi connectivity index (χ0v) is 16.4. The van der Waals surface area contributed by atoms with Gasteiger partial charge in [0.15, 0.2) is 0 Å². The Labute approximate surface area is 164 Å². The molecule has 0 unspecified atom stereocenters. The number of H-pyrrole nitrogens is 1. The predicted octanol–water partition coefficient (Wildman–Crippen LogP) is 4.71. The molecule has 0 saturated carbocycles. The fraction of sp³-hybridized carbons (Fsp3) is 0.318. The molecule has 3 aromatic rings. The third kappa shape index (κ3) is 4.20. The lowest BCUT2D eigenvalue weighted by molar-refractivity contribution is -0.117. The number of carbonyl (C=O) groups excluding carboxylic acids is 1. The summed E-state index contributed by atoms with van der Waals surface area (Å²) >= 11 is 1.68. The second-order valence-corrected chi connectivity index (χ2v) is 8.00. The topological polar surface area (TPSA) is 48.1 Å².